The van der Waals surface area contributed by atoms with Crippen molar-refractivity contribution in [3.63, 3.8) is 0 Å². The van der Waals surface area contributed by atoms with Crippen molar-refractivity contribution in [3.8, 4) is 5.75 Å². The molecule has 0 fully saturated rings. The number of carbonyl (C=O) groups excluding carboxylic acids is 1. The lowest BCUT2D eigenvalue weighted by Crippen LogP contribution is -2.03. The van der Waals surface area contributed by atoms with Gasteiger partial charge in [0.2, 0.25) is 0 Å². The highest BCUT2D eigenvalue weighted by molar-refractivity contribution is 9.28. The van der Waals surface area contributed by atoms with Crippen LogP contribution in [0.2, 0.25) is 0 Å². The summed E-state index contributed by atoms with van der Waals surface area (Å²) in [6, 6.07) is 5.14. The molecule has 86 valence electrons. The Morgan fingerprint density at radius 3 is 2.50 bits per heavy atom. The molecule has 0 saturated carbocycles. The number of ether oxygens (including phenoxy) is 2. The van der Waals surface area contributed by atoms with Crippen LogP contribution in [0.1, 0.15) is 15.9 Å². The van der Waals surface area contributed by atoms with E-state index in [4.69, 9.17) is 9.47 Å². The topological polar surface area (TPSA) is 35.5 Å². The number of carbonyl (C=O) groups is 1. The van der Waals surface area contributed by atoms with Crippen LogP contribution < -0.4 is 4.74 Å². The molecule has 0 saturated heterocycles. The van der Waals surface area contributed by atoms with E-state index in [0.29, 0.717) is 11.3 Å². The maximum atomic E-state index is 11.5. The molecular weight excluding hydrogens is 340 g/mol. The number of hydrogen-bond donors (Lipinski definition) is 0. The summed E-state index contributed by atoms with van der Waals surface area (Å²) in [4.78, 5) is 11.5. The molecule has 1 aromatic rings. The molecule has 0 atom stereocenters. The number of esters is 1. The third kappa shape index (κ3) is 3.35. The summed E-state index contributed by atoms with van der Waals surface area (Å²) >= 11 is 6.50. The molecule has 0 aliphatic carbocycles. The molecule has 0 aromatic heterocycles. The lowest BCUT2D eigenvalue weighted by atomic mass is 10.1. The average Bonchev–Trinajstić information content (AvgIpc) is 2.27. The van der Waals surface area contributed by atoms with Crippen molar-refractivity contribution >= 4 is 43.9 Å². The van der Waals surface area contributed by atoms with E-state index >= 15 is 0 Å². The number of rotatable bonds is 3. The van der Waals surface area contributed by atoms with Crippen molar-refractivity contribution in [3.05, 3.63) is 32.7 Å². The highest BCUT2D eigenvalue weighted by Gasteiger charge is 2.11. The molecule has 3 nitrogen and oxygen atoms in total. The number of hydrogen-bond acceptors (Lipinski definition) is 3. The Morgan fingerprint density at radius 1 is 1.31 bits per heavy atom. The third-order valence-corrected chi connectivity index (χ3v) is 2.39. The van der Waals surface area contributed by atoms with Gasteiger partial charge >= 0.3 is 5.97 Å². The van der Waals surface area contributed by atoms with E-state index in [1.807, 2.05) is 0 Å². The van der Waals surface area contributed by atoms with Crippen LogP contribution in [0.3, 0.4) is 0 Å². The van der Waals surface area contributed by atoms with Gasteiger partial charge in [0.05, 0.1) is 23.2 Å². The number of methoxy groups -OCH3 is 2. The minimum atomic E-state index is -0.379. The van der Waals surface area contributed by atoms with Crippen molar-refractivity contribution in [1.82, 2.24) is 0 Å². The Balaban J connectivity index is 3.27. The minimum Gasteiger partial charge on any atom is -0.497 e. The van der Waals surface area contributed by atoms with Crippen molar-refractivity contribution in [2.75, 3.05) is 14.2 Å². The Labute approximate surface area is 111 Å². The molecular formula is C11H10Br2O3. The molecule has 0 aliphatic heterocycles. The first-order valence-corrected chi connectivity index (χ1v) is 5.96. The second-order valence-corrected chi connectivity index (χ2v) is 5.65. The SMILES string of the molecule is COC(=O)c1ccc(OC)cc1C=C(Br)Br. The largest absolute Gasteiger partial charge is 0.497 e. The maximum absolute atomic E-state index is 11.5. The molecule has 0 heterocycles. The van der Waals surface area contributed by atoms with Gasteiger partial charge in [-0.25, -0.2) is 4.79 Å². The monoisotopic (exact) mass is 348 g/mol. The zero-order valence-corrected chi connectivity index (χ0v) is 12.0. The van der Waals surface area contributed by atoms with Gasteiger partial charge in [-0.2, -0.15) is 0 Å². The summed E-state index contributed by atoms with van der Waals surface area (Å²) in [5.74, 6) is 0.301. The molecule has 0 unspecified atom stereocenters. The molecule has 0 bridgehead atoms. The van der Waals surface area contributed by atoms with E-state index in [9.17, 15) is 4.79 Å². The van der Waals surface area contributed by atoms with Gasteiger partial charge in [0.1, 0.15) is 5.75 Å². The molecule has 1 aromatic carbocycles. The van der Waals surface area contributed by atoms with Gasteiger partial charge in [-0.15, -0.1) is 0 Å². The van der Waals surface area contributed by atoms with Gasteiger partial charge < -0.3 is 9.47 Å². The van der Waals surface area contributed by atoms with Crippen LogP contribution in [0.25, 0.3) is 6.08 Å². The summed E-state index contributed by atoms with van der Waals surface area (Å²) in [6.45, 7) is 0. The van der Waals surface area contributed by atoms with E-state index in [1.54, 1.807) is 31.4 Å². The van der Waals surface area contributed by atoms with Gasteiger partial charge in [0.25, 0.3) is 0 Å². The Morgan fingerprint density at radius 2 is 2.00 bits per heavy atom. The van der Waals surface area contributed by atoms with Gasteiger partial charge in [-0.1, -0.05) is 0 Å². The van der Waals surface area contributed by atoms with E-state index in [-0.39, 0.29) is 5.97 Å². The molecule has 0 radical (unpaired) electrons. The predicted molar refractivity (Wildman–Crippen MR) is 70.2 cm³/mol. The van der Waals surface area contributed by atoms with E-state index in [0.717, 1.165) is 8.96 Å². The van der Waals surface area contributed by atoms with E-state index in [2.05, 4.69) is 31.9 Å². The van der Waals surface area contributed by atoms with Crippen LogP contribution in [0.5, 0.6) is 5.75 Å². The summed E-state index contributed by atoms with van der Waals surface area (Å²) in [5.41, 5.74) is 1.20. The summed E-state index contributed by atoms with van der Waals surface area (Å²) in [7, 11) is 2.92. The van der Waals surface area contributed by atoms with Gasteiger partial charge in [-0.05, 0) is 61.7 Å². The van der Waals surface area contributed by atoms with Crippen LogP contribution in [0.15, 0.2) is 21.6 Å². The Kier molecular flexibility index (Phi) is 5.02. The number of halogens is 2. The molecule has 0 amide bonds. The van der Waals surface area contributed by atoms with Gasteiger partial charge in [-0.3, -0.25) is 0 Å². The lowest BCUT2D eigenvalue weighted by Gasteiger charge is -2.06. The first-order chi connectivity index (χ1) is 7.58. The Bertz CT molecular complexity index is 423. The van der Waals surface area contributed by atoms with Crippen LogP contribution in [0, 0.1) is 0 Å². The molecule has 0 spiro atoms. The van der Waals surface area contributed by atoms with Gasteiger partial charge in [0, 0.05) is 0 Å². The first kappa shape index (κ1) is 13.3. The van der Waals surface area contributed by atoms with Crippen molar-refractivity contribution in [1.29, 1.82) is 0 Å². The normalized spacial score (nSPS) is 9.50. The number of benzene rings is 1. The first-order valence-electron chi connectivity index (χ1n) is 4.37. The van der Waals surface area contributed by atoms with Crippen LogP contribution in [0.4, 0.5) is 0 Å². The second-order valence-electron chi connectivity index (χ2n) is 2.88. The van der Waals surface area contributed by atoms with E-state index in [1.165, 1.54) is 7.11 Å². The standard InChI is InChI=1S/C11H10Br2O3/c1-15-8-3-4-9(11(14)16-2)7(5-8)6-10(12)13/h3-6H,1-2H3. The zero-order valence-electron chi connectivity index (χ0n) is 8.79. The molecule has 1 rings (SSSR count). The van der Waals surface area contributed by atoms with Crippen molar-refractivity contribution in [2.24, 2.45) is 0 Å². The molecule has 0 N–H and O–H groups in total. The van der Waals surface area contributed by atoms with Crippen LogP contribution in [-0.2, 0) is 4.74 Å². The maximum Gasteiger partial charge on any atom is 0.338 e. The summed E-state index contributed by atoms with van der Waals surface area (Å²) < 4.78 is 10.5. The van der Waals surface area contributed by atoms with Crippen molar-refractivity contribution in [2.45, 2.75) is 0 Å². The Hall–Kier alpha value is -0.810. The zero-order chi connectivity index (χ0) is 12.1. The van der Waals surface area contributed by atoms with Crippen molar-refractivity contribution < 1.29 is 14.3 Å². The summed E-state index contributed by atoms with van der Waals surface area (Å²) in [5, 5.41) is 0. The quantitative estimate of drug-likeness (QED) is 0.782. The van der Waals surface area contributed by atoms with Gasteiger partial charge in [0.15, 0.2) is 0 Å². The molecule has 16 heavy (non-hydrogen) atoms. The minimum absolute atomic E-state index is 0.379. The molecule has 5 heteroatoms. The van der Waals surface area contributed by atoms with E-state index < -0.39 is 0 Å². The molecule has 0 aliphatic rings. The fourth-order valence-corrected chi connectivity index (χ4v) is 1.69. The lowest BCUT2D eigenvalue weighted by molar-refractivity contribution is 0.0600. The highest BCUT2D eigenvalue weighted by atomic mass is 79.9. The highest BCUT2D eigenvalue weighted by Crippen LogP contribution is 2.24. The predicted octanol–water partition coefficient (Wildman–Crippen LogP) is 3.57. The third-order valence-electron chi connectivity index (χ3n) is 1.93. The average molecular weight is 350 g/mol. The smallest absolute Gasteiger partial charge is 0.338 e. The fraction of sp³-hybridized carbons (Fsp3) is 0.182. The fourth-order valence-electron chi connectivity index (χ4n) is 1.20. The van der Waals surface area contributed by atoms with Crippen LogP contribution >= 0.6 is 31.9 Å². The van der Waals surface area contributed by atoms with Crippen LogP contribution in [-0.4, -0.2) is 20.2 Å². The summed E-state index contributed by atoms with van der Waals surface area (Å²) in [6.07, 6.45) is 1.76. The second kappa shape index (κ2) is 6.06.